The fraction of sp³-hybridized carbons (Fsp3) is 0.429. The van der Waals surface area contributed by atoms with Crippen LogP contribution in [-0.2, 0) is 0 Å². The molecule has 0 bridgehead atoms. The standard InChI is InChI=1S/C7H10N2O2/c1-3-11-7-8-4-5(2)6(10)9-7/h4H,3H2,1-2H3,(H,8,9,10). The summed E-state index contributed by atoms with van der Waals surface area (Å²) in [5.74, 6) is 0. The van der Waals surface area contributed by atoms with Crippen LogP contribution in [0.3, 0.4) is 0 Å². The Morgan fingerprint density at radius 2 is 2.45 bits per heavy atom. The van der Waals surface area contributed by atoms with E-state index in [1.807, 2.05) is 6.92 Å². The molecule has 0 aliphatic heterocycles. The van der Waals surface area contributed by atoms with Crippen LogP contribution in [0.15, 0.2) is 11.0 Å². The molecule has 1 rings (SSSR count). The Morgan fingerprint density at radius 3 is 3.00 bits per heavy atom. The Bertz CT molecular complexity index is 293. The van der Waals surface area contributed by atoms with Gasteiger partial charge in [-0.05, 0) is 13.8 Å². The van der Waals surface area contributed by atoms with Gasteiger partial charge in [0.05, 0.1) is 6.61 Å². The number of aryl methyl sites for hydroxylation is 1. The largest absolute Gasteiger partial charge is 0.465 e. The van der Waals surface area contributed by atoms with Gasteiger partial charge in [-0.2, -0.15) is 0 Å². The lowest BCUT2D eigenvalue weighted by molar-refractivity contribution is 0.311. The van der Waals surface area contributed by atoms with E-state index >= 15 is 0 Å². The summed E-state index contributed by atoms with van der Waals surface area (Å²) in [7, 11) is 0. The summed E-state index contributed by atoms with van der Waals surface area (Å²) in [6.07, 6.45) is 1.49. The molecule has 1 aromatic heterocycles. The first-order valence-electron chi connectivity index (χ1n) is 3.42. The van der Waals surface area contributed by atoms with Crippen molar-refractivity contribution >= 4 is 0 Å². The van der Waals surface area contributed by atoms with E-state index in [2.05, 4.69) is 9.97 Å². The summed E-state index contributed by atoms with van der Waals surface area (Å²) in [6, 6.07) is 0.281. The average molecular weight is 154 g/mol. The van der Waals surface area contributed by atoms with Crippen LogP contribution in [0.2, 0.25) is 0 Å². The van der Waals surface area contributed by atoms with Gasteiger partial charge in [0.15, 0.2) is 0 Å². The second-order valence-electron chi connectivity index (χ2n) is 2.13. The van der Waals surface area contributed by atoms with Gasteiger partial charge in [0.2, 0.25) is 0 Å². The molecule has 0 unspecified atom stereocenters. The minimum atomic E-state index is -0.150. The van der Waals surface area contributed by atoms with Gasteiger partial charge in [0.1, 0.15) is 0 Å². The number of hydrogen-bond acceptors (Lipinski definition) is 3. The van der Waals surface area contributed by atoms with Crippen LogP contribution in [0.1, 0.15) is 12.5 Å². The van der Waals surface area contributed by atoms with Crippen molar-refractivity contribution in [1.82, 2.24) is 9.97 Å². The number of nitrogens with one attached hydrogen (secondary N) is 1. The van der Waals surface area contributed by atoms with Crippen LogP contribution < -0.4 is 10.3 Å². The van der Waals surface area contributed by atoms with Gasteiger partial charge < -0.3 is 4.74 Å². The van der Waals surface area contributed by atoms with Crippen LogP contribution in [0, 0.1) is 6.92 Å². The smallest absolute Gasteiger partial charge is 0.296 e. The third-order valence-electron chi connectivity index (χ3n) is 1.24. The maximum atomic E-state index is 10.9. The molecule has 0 aliphatic carbocycles. The van der Waals surface area contributed by atoms with Gasteiger partial charge in [-0.3, -0.25) is 9.78 Å². The monoisotopic (exact) mass is 154 g/mol. The predicted octanol–water partition coefficient (Wildman–Crippen LogP) is 0.477. The van der Waals surface area contributed by atoms with Gasteiger partial charge >= 0.3 is 0 Å². The zero-order valence-electron chi connectivity index (χ0n) is 6.55. The molecule has 0 saturated carbocycles. The molecule has 0 saturated heterocycles. The van der Waals surface area contributed by atoms with Crippen LogP contribution in [0.5, 0.6) is 6.01 Å². The van der Waals surface area contributed by atoms with Crippen LogP contribution in [0.25, 0.3) is 0 Å². The van der Waals surface area contributed by atoms with Gasteiger partial charge in [-0.25, -0.2) is 4.98 Å². The Kier molecular flexibility index (Phi) is 2.25. The van der Waals surface area contributed by atoms with Crippen LogP contribution in [0.4, 0.5) is 0 Å². The van der Waals surface area contributed by atoms with Crippen molar-refractivity contribution in [3.8, 4) is 6.01 Å². The fourth-order valence-electron chi connectivity index (χ4n) is 0.652. The topological polar surface area (TPSA) is 55.0 Å². The van der Waals surface area contributed by atoms with E-state index in [-0.39, 0.29) is 11.6 Å². The summed E-state index contributed by atoms with van der Waals surface area (Å²) >= 11 is 0. The summed E-state index contributed by atoms with van der Waals surface area (Å²) in [6.45, 7) is 4.04. The summed E-state index contributed by atoms with van der Waals surface area (Å²) in [5.41, 5.74) is 0.442. The van der Waals surface area contributed by atoms with E-state index in [0.717, 1.165) is 0 Å². The van der Waals surface area contributed by atoms with E-state index in [1.165, 1.54) is 6.20 Å². The lowest BCUT2D eigenvalue weighted by Crippen LogP contribution is -2.12. The summed E-state index contributed by atoms with van der Waals surface area (Å²) in [4.78, 5) is 17.3. The highest BCUT2D eigenvalue weighted by Gasteiger charge is 1.96. The number of aromatic amines is 1. The first kappa shape index (κ1) is 7.78. The highest BCUT2D eigenvalue weighted by molar-refractivity contribution is 5.05. The Hall–Kier alpha value is -1.32. The van der Waals surface area contributed by atoms with Crippen molar-refractivity contribution in [1.29, 1.82) is 0 Å². The van der Waals surface area contributed by atoms with Gasteiger partial charge in [-0.15, -0.1) is 0 Å². The molecule has 4 heteroatoms. The third kappa shape index (κ3) is 1.80. The molecule has 4 nitrogen and oxygen atoms in total. The van der Waals surface area contributed by atoms with Crippen molar-refractivity contribution in [2.24, 2.45) is 0 Å². The van der Waals surface area contributed by atoms with Crippen molar-refractivity contribution in [2.75, 3.05) is 6.61 Å². The van der Waals surface area contributed by atoms with E-state index in [9.17, 15) is 4.79 Å². The molecule has 0 fully saturated rings. The number of ether oxygens (including phenoxy) is 1. The maximum absolute atomic E-state index is 10.9. The zero-order chi connectivity index (χ0) is 8.27. The van der Waals surface area contributed by atoms with Crippen molar-refractivity contribution in [3.05, 3.63) is 22.1 Å². The number of nitrogens with zero attached hydrogens (tertiary/aromatic N) is 1. The average Bonchev–Trinajstić information content (AvgIpc) is 1.98. The quantitative estimate of drug-likeness (QED) is 0.674. The number of rotatable bonds is 2. The molecule has 1 aromatic rings. The van der Waals surface area contributed by atoms with Gasteiger partial charge in [0, 0.05) is 11.8 Å². The van der Waals surface area contributed by atoms with Gasteiger partial charge in [-0.1, -0.05) is 0 Å². The molecular weight excluding hydrogens is 144 g/mol. The molecule has 60 valence electrons. The van der Waals surface area contributed by atoms with Crippen LogP contribution >= 0.6 is 0 Å². The van der Waals surface area contributed by atoms with Crippen molar-refractivity contribution in [3.63, 3.8) is 0 Å². The zero-order valence-corrected chi connectivity index (χ0v) is 6.55. The lowest BCUT2D eigenvalue weighted by Gasteiger charge is -1.99. The van der Waals surface area contributed by atoms with E-state index < -0.39 is 0 Å². The maximum Gasteiger partial charge on any atom is 0.296 e. The van der Waals surface area contributed by atoms with Gasteiger partial charge in [0.25, 0.3) is 11.6 Å². The number of aromatic nitrogens is 2. The Balaban J connectivity index is 2.96. The number of hydrogen-bond donors (Lipinski definition) is 1. The molecule has 0 amide bonds. The molecule has 0 radical (unpaired) electrons. The molecule has 0 spiro atoms. The Morgan fingerprint density at radius 1 is 1.73 bits per heavy atom. The predicted molar refractivity (Wildman–Crippen MR) is 40.8 cm³/mol. The third-order valence-corrected chi connectivity index (χ3v) is 1.24. The highest BCUT2D eigenvalue weighted by atomic mass is 16.5. The molecule has 1 heterocycles. The second kappa shape index (κ2) is 3.18. The van der Waals surface area contributed by atoms with Crippen LogP contribution in [-0.4, -0.2) is 16.6 Å². The number of H-pyrrole nitrogens is 1. The van der Waals surface area contributed by atoms with E-state index in [0.29, 0.717) is 12.2 Å². The van der Waals surface area contributed by atoms with Crippen molar-refractivity contribution < 1.29 is 4.74 Å². The van der Waals surface area contributed by atoms with E-state index in [4.69, 9.17) is 4.74 Å². The minimum Gasteiger partial charge on any atom is -0.465 e. The van der Waals surface area contributed by atoms with E-state index in [1.54, 1.807) is 6.92 Å². The molecular formula is C7H10N2O2. The molecule has 11 heavy (non-hydrogen) atoms. The summed E-state index contributed by atoms with van der Waals surface area (Å²) in [5, 5.41) is 0. The molecule has 1 N–H and O–H groups in total. The normalized spacial score (nSPS) is 9.64. The first-order valence-corrected chi connectivity index (χ1v) is 3.42. The SMILES string of the molecule is CCOc1ncc(C)c(=O)[nH]1. The fourth-order valence-corrected chi connectivity index (χ4v) is 0.652. The molecule has 0 atom stereocenters. The second-order valence-corrected chi connectivity index (χ2v) is 2.13. The Labute approximate surface area is 64.2 Å². The summed E-state index contributed by atoms with van der Waals surface area (Å²) < 4.78 is 4.97. The molecule has 0 aliphatic rings. The highest BCUT2D eigenvalue weighted by Crippen LogP contribution is 1.95. The first-order chi connectivity index (χ1) is 5.24. The molecule has 0 aromatic carbocycles. The van der Waals surface area contributed by atoms with Crippen molar-refractivity contribution in [2.45, 2.75) is 13.8 Å². The lowest BCUT2D eigenvalue weighted by atomic mass is 10.4. The minimum absolute atomic E-state index is 0.150.